The highest BCUT2D eigenvalue weighted by atomic mass is 35.5. The molecular weight excluding hydrogens is 406 g/mol. The van der Waals surface area contributed by atoms with E-state index in [4.69, 9.17) is 4.74 Å². The zero-order valence-corrected chi connectivity index (χ0v) is 18.9. The van der Waals surface area contributed by atoms with Crippen molar-refractivity contribution < 1.29 is 21.8 Å². The Morgan fingerprint density at radius 3 is 1.50 bits per heavy atom. The minimum Gasteiger partial charge on any atom is -0.443 e. The van der Waals surface area contributed by atoms with Crippen molar-refractivity contribution in [1.29, 1.82) is 0 Å². The lowest BCUT2D eigenvalue weighted by Crippen LogP contribution is -2.71. The molecule has 6 aliphatic rings. The maximum absolute atomic E-state index is 12.4. The van der Waals surface area contributed by atoms with Crippen LogP contribution in [0.25, 0.3) is 0 Å². The van der Waals surface area contributed by atoms with Gasteiger partial charge < -0.3 is 4.74 Å². The molecule has 4 bridgehead atoms. The monoisotopic (exact) mass is 440 g/mol. The van der Waals surface area contributed by atoms with E-state index in [-0.39, 0.29) is 16.3 Å². The Balaban J connectivity index is 0.000000258. The second-order valence-corrected chi connectivity index (χ2v) is 10.8. The highest BCUT2D eigenvalue weighted by molar-refractivity contribution is 7.84. The van der Waals surface area contributed by atoms with Crippen LogP contribution in [-0.2, 0) is 14.9 Å². The maximum atomic E-state index is 12.4. The summed E-state index contributed by atoms with van der Waals surface area (Å²) in [5.74, 6) is 0. The Kier molecular flexibility index (Phi) is 7.60. The number of carbonyl (C=O) groups excluding carboxylic acids is 1. The summed E-state index contributed by atoms with van der Waals surface area (Å²) in [7, 11) is -3.74. The Morgan fingerprint density at radius 2 is 1.18 bits per heavy atom. The van der Waals surface area contributed by atoms with Crippen molar-refractivity contribution in [1.82, 2.24) is 19.4 Å². The summed E-state index contributed by atoms with van der Waals surface area (Å²) in [6, 6.07) is 0. The van der Waals surface area contributed by atoms with Gasteiger partial charge in [-0.05, 0) is 20.8 Å². The van der Waals surface area contributed by atoms with Gasteiger partial charge in [-0.15, -0.1) is 12.4 Å². The van der Waals surface area contributed by atoms with Crippen LogP contribution in [0.15, 0.2) is 0 Å². The van der Waals surface area contributed by atoms with Gasteiger partial charge in [0, 0.05) is 58.9 Å². The molecule has 164 valence electrons. The molecule has 11 heteroatoms. The fraction of sp³-hybridized carbons (Fsp3) is 0.941. The summed E-state index contributed by atoms with van der Waals surface area (Å²) >= 11 is 0. The van der Waals surface area contributed by atoms with E-state index in [2.05, 4.69) is 19.4 Å². The van der Waals surface area contributed by atoms with Crippen LogP contribution in [-0.4, -0.2) is 117 Å². The van der Waals surface area contributed by atoms with Crippen LogP contribution < -0.4 is 4.72 Å². The van der Waals surface area contributed by atoms with Gasteiger partial charge in [-0.1, -0.05) is 0 Å². The van der Waals surface area contributed by atoms with Crippen molar-refractivity contribution in [2.75, 3.05) is 78.5 Å². The lowest BCUT2D eigenvalue weighted by molar-refractivity contribution is -0.824. The number of ether oxygens (including phenoxy) is 1. The number of hydrogen-bond acceptors (Lipinski definition) is 7. The van der Waals surface area contributed by atoms with E-state index in [1.165, 1.54) is 39.3 Å². The smallest absolute Gasteiger partial charge is 0.425 e. The standard InChI is InChI=1S/C11H21N3O4S.C6H12N2.ClH/c1-11(2,3)18-10(15)12-19(16,17)14-7-4-13(5-8-14)6-9-14;1-2-8-5-3-7(1)4-6-8;/h4-9H2,1-3H3;1-6H2;1H/p+1. The van der Waals surface area contributed by atoms with E-state index in [1.807, 2.05) is 0 Å². The molecule has 9 nitrogen and oxygen atoms in total. The second-order valence-electron chi connectivity index (χ2n) is 8.83. The van der Waals surface area contributed by atoms with Crippen molar-refractivity contribution in [2.45, 2.75) is 26.4 Å². The molecule has 6 heterocycles. The van der Waals surface area contributed by atoms with E-state index in [0.29, 0.717) is 19.6 Å². The number of quaternary nitrogens is 1. The maximum Gasteiger partial charge on any atom is 0.425 e. The van der Waals surface area contributed by atoms with Gasteiger partial charge in [0.1, 0.15) is 25.2 Å². The van der Waals surface area contributed by atoms with Gasteiger partial charge in [-0.25, -0.2) is 4.79 Å². The first-order valence-electron chi connectivity index (χ1n) is 9.88. The second kappa shape index (κ2) is 9.01. The minimum absolute atomic E-state index is 0. The average molecular weight is 441 g/mol. The van der Waals surface area contributed by atoms with Gasteiger partial charge >= 0.3 is 16.3 Å². The van der Waals surface area contributed by atoms with E-state index < -0.39 is 21.9 Å². The molecule has 0 aliphatic carbocycles. The van der Waals surface area contributed by atoms with E-state index in [1.54, 1.807) is 20.8 Å². The van der Waals surface area contributed by atoms with Crippen molar-refractivity contribution in [3.8, 4) is 0 Å². The SMILES string of the molecule is C1CN2CCN1CC2.CC(C)(C)OC(=O)NS(=O)(=O)[N+]12CCN(CC1)CC2.Cl. The quantitative estimate of drug-likeness (QED) is 0.602. The topological polar surface area (TPSA) is 82.2 Å². The highest BCUT2D eigenvalue weighted by Crippen LogP contribution is 2.23. The Labute approximate surface area is 175 Å². The fourth-order valence-electron chi connectivity index (χ4n) is 4.02. The molecule has 28 heavy (non-hydrogen) atoms. The summed E-state index contributed by atoms with van der Waals surface area (Å²) < 4.78 is 31.8. The lowest BCUT2D eigenvalue weighted by atomic mass is 10.2. The third-order valence-corrected chi connectivity index (χ3v) is 7.78. The molecule has 0 aromatic heterocycles. The molecule has 0 aromatic rings. The zero-order valence-electron chi connectivity index (χ0n) is 17.2. The molecule has 0 aromatic carbocycles. The number of halogens is 1. The predicted octanol–water partition coefficient (Wildman–Crippen LogP) is -0.0587. The van der Waals surface area contributed by atoms with Gasteiger partial charge in [0.25, 0.3) is 0 Å². The number of amides is 1. The molecule has 0 spiro atoms. The molecule has 6 fully saturated rings. The molecular formula is C17H35ClN5O4S+. The van der Waals surface area contributed by atoms with Crippen LogP contribution in [0.3, 0.4) is 0 Å². The van der Waals surface area contributed by atoms with Crippen LogP contribution >= 0.6 is 12.4 Å². The van der Waals surface area contributed by atoms with Gasteiger partial charge in [-0.3, -0.25) is 14.7 Å². The fourth-order valence-corrected chi connectivity index (χ4v) is 5.43. The van der Waals surface area contributed by atoms with Crippen LogP contribution in [0.1, 0.15) is 20.8 Å². The summed E-state index contributed by atoms with van der Waals surface area (Å²) in [4.78, 5) is 19.0. The summed E-state index contributed by atoms with van der Waals surface area (Å²) in [6.07, 6.45) is -0.895. The first-order valence-corrected chi connectivity index (χ1v) is 11.3. The van der Waals surface area contributed by atoms with Crippen molar-refractivity contribution in [2.24, 2.45) is 0 Å². The molecule has 0 atom stereocenters. The highest BCUT2D eigenvalue weighted by Gasteiger charge is 2.49. The molecule has 0 saturated carbocycles. The largest absolute Gasteiger partial charge is 0.443 e. The lowest BCUT2D eigenvalue weighted by Gasteiger charge is -2.47. The van der Waals surface area contributed by atoms with Crippen LogP contribution in [0.2, 0.25) is 0 Å². The Morgan fingerprint density at radius 1 is 0.821 bits per heavy atom. The molecule has 6 saturated heterocycles. The average Bonchev–Trinajstić information content (AvgIpc) is 2.63. The first kappa shape index (κ1) is 23.6. The number of nitrogens with one attached hydrogen (secondary N) is 1. The van der Waals surface area contributed by atoms with Crippen LogP contribution in [0.4, 0.5) is 4.79 Å². The summed E-state index contributed by atoms with van der Waals surface area (Å²) in [5, 5.41) is 0. The van der Waals surface area contributed by atoms with Crippen molar-refractivity contribution >= 4 is 28.7 Å². The number of carbonyl (C=O) groups is 1. The van der Waals surface area contributed by atoms with E-state index in [9.17, 15) is 13.2 Å². The van der Waals surface area contributed by atoms with Crippen molar-refractivity contribution in [3.63, 3.8) is 0 Å². The predicted molar refractivity (Wildman–Crippen MR) is 110 cm³/mol. The summed E-state index contributed by atoms with van der Waals surface area (Å²) in [5.41, 5.74) is -0.708. The van der Waals surface area contributed by atoms with Gasteiger partial charge in [0.2, 0.25) is 0 Å². The van der Waals surface area contributed by atoms with Crippen molar-refractivity contribution in [3.05, 3.63) is 0 Å². The summed E-state index contributed by atoms with van der Waals surface area (Å²) in [6.45, 7) is 16.9. The van der Waals surface area contributed by atoms with Gasteiger partial charge in [0.15, 0.2) is 0 Å². The molecule has 1 amide bonds. The van der Waals surface area contributed by atoms with Gasteiger partial charge in [0.05, 0.1) is 0 Å². The Bertz CT molecular complexity index is 602. The number of fused-ring (bicyclic) bond motifs is 6. The number of hydrogen-bond donors (Lipinski definition) is 1. The third-order valence-electron chi connectivity index (χ3n) is 5.79. The van der Waals surface area contributed by atoms with Crippen LogP contribution in [0.5, 0.6) is 0 Å². The van der Waals surface area contributed by atoms with E-state index in [0.717, 1.165) is 19.6 Å². The molecule has 0 unspecified atom stereocenters. The molecule has 6 rings (SSSR count). The zero-order chi connectivity index (χ0) is 19.7. The number of nitrogens with zero attached hydrogens (tertiary/aromatic N) is 4. The third kappa shape index (κ3) is 5.70. The van der Waals surface area contributed by atoms with Gasteiger partial charge in [-0.2, -0.15) is 17.0 Å². The number of rotatable bonds is 2. The molecule has 6 aliphatic heterocycles. The minimum atomic E-state index is -3.74. The first-order chi connectivity index (χ1) is 12.6. The Hall–Kier alpha value is -0.650. The normalized spacial score (nSPS) is 33.9. The molecule has 1 N–H and O–H groups in total. The van der Waals surface area contributed by atoms with Crippen LogP contribution in [0, 0.1) is 0 Å². The van der Waals surface area contributed by atoms with E-state index >= 15 is 0 Å². The molecule has 0 radical (unpaired) electrons. The number of piperazine rings is 6.